The molecule has 0 atom stereocenters. The van der Waals surface area contributed by atoms with Gasteiger partial charge in [-0.3, -0.25) is 74.4 Å². The number of methoxy groups -OCH3 is 5. The topological polar surface area (TPSA) is 300 Å². The lowest BCUT2D eigenvalue weighted by atomic mass is 10.1. The number of H-pyrrole nitrogens is 5. The molecule has 0 amide bonds. The summed E-state index contributed by atoms with van der Waals surface area (Å²) in [4.78, 5) is 85.7. The zero-order chi connectivity index (χ0) is 92.4. The summed E-state index contributed by atoms with van der Waals surface area (Å²) in [6.07, 6.45) is 7.77. The number of pyridine rings is 5. The van der Waals surface area contributed by atoms with Gasteiger partial charge in [-0.05, 0) is 178 Å². The number of hydrogen-bond acceptors (Lipinski definition) is 15. The normalized spacial score (nSPS) is 13.7. The third kappa shape index (κ3) is 14.1. The molecule has 20 rings (SSSR count). The van der Waals surface area contributed by atoms with Crippen molar-refractivity contribution < 1.29 is 44.2 Å². The van der Waals surface area contributed by atoms with Crippen molar-refractivity contribution >= 4 is 109 Å². The molecular formula is C90H75N15O10. The lowest BCUT2D eigenvalue weighted by Gasteiger charge is -2.07. The molecule has 25 heteroatoms. The fourth-order valence-corrected chi connectivity index (χ4v) is 13.7. The van der Waals surface area contributed by atoms with Gasteiger partial charge >= 0.3 is 0 Å². The Morgan fingerprint density at radius 1 is 0.261 bits per heavy atom. The lowest BCUT2D eigenvalue weighted by molar-refractivity contribution is 0.411. The van der Waals surface area contributed by atoms with Crippen LogP contribution in [0.2, 0.25) is 0 Å². The minimum Gasteiger partial charge on any atom is -0.497 e. The maximum Gasteiger partial charge on any atom is 0.280 e. The Bertz CT molecular complexity index is 7740. The fraction of sp³-hybridized carbons (Fsp3) is 0.111. The molecule has 0 saturated carbocycles. The molecule has 115 heavy (non-hydrogen) atoms. The van der Waals surface area contributed by atoms with E-state index < -0.39 is 35.2 Å². The second-order valence-corrected chi connectivity index (χ2v) is 27.1. The Kier molecular flexibility index (Phi) is 15.4. The van der Waals surface area contributed by atoms with Crippen LogP contribution in [-0.4, -0.2) is 109 Å². The smallest absolute Gasteiger partial charge is 0.280 e. The Hall–Kier alpha value is -15.4. The van der Waals surface area contributed by atoms with Gasteiger partial charge in [0.15, 0.2) is 0 Å². The molecular weight excluding hydrogens is 1450 g/mol. The van der Waals surface area contributed by atoms with E-state index in [2.05, 4.69) is 50.4 Å². The van der Waals surface area contributed by atoms with Gasteiger partial charge < -0.3 is 23.7 Å². The van der Waals surface area contributed by atoms with Crippen molar-refractivity contribution in [2.75, 3.05) is 35.2 Å². The molecule has 0 bridgehead atoms. The molecule has 0 aliphatic rings. The van der Waals surface area contributed by atoms with Gasteiger partial charge in [0.25, 0.3) is 27.8 Å². The number of nitrogens with zero attached hydrogens (tertiary/aromatic N) is 10. The summed E-state index contributed by atoms with van der Waals surface area (Å²) in [5.74, 6) is 0.827. The third-order valence-corrected chi connectivity index (χ3v) is 19.4. The summed E-state index contributed by atoms with van der Waals surface area (Å²) in [6.45, 7) is 9.91. The van der Waals surface area contributed by atoms with E-state index in [0.29, 0.717) is 83.0 Å². The van der Waals surface area contributed by atoms with Crippen LogP contribution in [0.15, 0.2) is 267 Å². The average molecular weight is 1540 g/mol. The molecule has 5 N–H and O–H groups in total. The Morgan fingerprint density at radius 3 is 0.852 bits per heavy atom. The van der Waals surface area contributed by atoms with Crippen LogP contribution in [-0.2, 0) is 0 Å². The second kappa shape index (κ2) is 30.8. The zero-order valence-corrected chi connectivity index (χ0v) is 61.6. The van der Waals surface area contributed by atoms with Gasteiger partial charge in [-0.1, -0.05) is 84.9 Å². The molecule has 0 fully saturated rings. The molecule has 20 aromatic rings. The molecule has 0 radical (unpaired) electrons. The van der Waals surface area contributed by atoms with Crippen LogP contribution in [0.25, 0.3) is 137 Å². The molecule has 570 valence electrons. The first-order chi connectivity index (χ1) is 61.6. The highest BCUT2D eigenvalue weighted by atomic mass is 16.5. The molecule has 0 spiro atoms. The minimum absolute atomic E-state index is 0.0919. The predicted octanol–water partition coefficient (Wildman–Crippen LogP) is 15.9. The van der Waals surface area contributed by atoms with Gasteiger partial charge in [-0.15, -0.1) is 0 Å². The highest BCUT2D eigenvalue weighted by Crippen LogP contribution is 2.30. The van der Waals surface area contributed by atoms with E-state index in [1.807, 2.05) is 126 Å². The summed E-state index contributed by atoms with van der Waals surface area (Å²) in [7, 11) is -12.7. The quantitative estimate of drug-likeness (QED) is 0.0850. The molecule has 10 aromatic heterocycles. The summed E-state index contributed by atoms with van der Waals surface area (Å²) >= 11 is 0. The van der Waals surface area contributed by atoms with Crippen LogP contribution in [0, 0.1) is 34.6 Å². The number of aromatic amines is 5. The minimum atomic E-state index is -2.61. The van der Waals surface area contributed by atoms with Gasteiger partial charge in [0.1, 0.15) is 34.4 Å². The summed E-state index contributed by atoms with van der Waals surface area (Å²) in [6, 6.07) is 61.0. The molecule has 10 heterocycles. The monoisotopic (exact) mass is 1540 g/mol. The van der Waals surface area contributed by atoms with E-state index in [0.717, 1.165) is 82.3 Å². The summed E-state index contributed by atoms with van der Waals surface area (Å²) < 4.78 is 139. The zero-order valence-electron chi connectivity index (χ0n) is 76.6. The highest BCUT2D eigenvalue weighted by Gasteiger charge is 2.20. The maximum absolute atomic E-state index is 12.9. The number of fused-ring (bicyclic) bond motifs is 15. The number of hydrogen-bond donors (Lipinski definition) is 5. The first kappa shape index (κ1) is 57.7. The van der Waals surface area contributed by atoms with Crippen LogP contribution in [0.4, 0.5) is 0 Å². The predicted molar refractivity (Wildman–Crippen MR) is 452 cm³/mol. The molecule has 25 nitrogen and oxygen atoms in total. The molecule has 0 unspecified atom stereocenters. The Morgan fingerprint density at radius 2 is 0.539 bits per heavy atom. The number of benzene rings is 10. The van der Waals surface area contributed by atoms with Crippen LogP contribution in [0.1, 0.15) is 48.4 Å². The number of aryl methyl sites for hydroxylation is 5. The Labute approximate surface area is 674 Å². The van der Waals surface area contributed by atoms with Gasteiger partial charge in [0, 0.05) is 70.0 Å². The van der Waals surface area contributed by atoms with Crippen LogP contribution in [0.3, 0.4) is 0 Å². The number of aromatic nitrogens is 15. The molecule has 0 aliphatic carbocycles. The largest absolute Gasteiger partial charge is 0.497 e. The summed E-state index contributed by atoms with van der Waals surface area (Å²) in [5, 5.41) is 22.1. The lowest BCUT2D eigenvalue weighted by Crippen LogP contribution is -2.15. The number of para-hydroxylation sites is 2. The molecule has 0 saturated heterocycles. The van der Waals surface area contributed by atoms with Gasteiger partial charge in [-0.25, -0.2) is 23.4 Å². The maximum atomic E-state index is 12.9. The van der Waals surface area contributed by atoms with E-state index in [-0.39, 0.29) is 56.5 Å². The van der Waals surface area contributed by atoms with Crippen LogP contribution < -0.4 is 51.5 Å². The van der Waals surface area contributed by atoms with E-state index >= 15 is 0 Å². The van der Waals surface area contributed by atoms with Crippen molar-refractivity contribution in [2.24, 2.45) is 0 Å². The van der Waals surface area contributed by atoms with E-state index in [1.54, 1.807) is 91.5 Å². The Balaban J connectivity index is 0.000000119. The standard InChI is InChI=1S/5C18H15N3O2/c2*1-11-3-8-14-16(9-11)19-10-15-17(14)20-21(18(15)22)12-4-6-13(23-2)7-5-12;2*1-11-6-7-14-16(8-11)19-10-15-17(14)20-21(18(15)22)12-4-3-5-13(9-12)23-2;1-11-7-8-12-14(9-11)19-10-13-17(12)20-21(18(13)22)15-5-3-4-6-16(15)23-2/h5*3-10,20H,1-2H3/i5*2D3. The van der Waals surface area contributed by atoms with E-state index in [1.165, 1.54) is 84.2 Å². The summed E-state index contributed by atoms with van der Waals surface area (Å²) in [5.41, 5.74) is 14.0. The van der Waals surface area contributed by atoms with Crippen LogP contribution >= 0.6 is 0 Å². The second-order valence-electron chi connectivity index (χ2n) is 27.1. The van der Waals surface area contributed by atoms with E-state index in [4.69, 9.17) is 44.2 Å². The van der Waals surface area contributed by atoms with Crippen molar-refractivity contribution in [1.29, 1.82) is 0 Å². The van der Waals surface area contributed by atoms with Gasteiger partial charge in [0.05, 0.1) is 161 Å². The average Bonchev–Trinajstić information content (AvgIpc) is 1.59. The van der Waals surface area contributed by atoms with Gasteiger partial charge in [-0.2, -0.15) is 0 Å². The molecule has 10 aromatic carbocycles. The van der Waals surface area contributed by atoms with Crippen LogP contribution in [0.5, 0.6) is 28.7 Å². The van der Waals surface area contributed by atoms with E-state index in [9.17, 15) is 24.0 Å². The van der Waals surface area contributed by atoms with Crippen molar-refractivity contribution in [2.45, 2.75) is 34.6 Å². The number of ether oxygens (including phenoxy) is 5. The third-order valence-electron chi connectivity index (χ3n) is 19.4. The highest BCUT2D eigenvalue weighted by molar-refractivity contribution is 6.07. The van der Waals surface area contributed by atoms with Crippen molar-refractivity contribution in [3.05, 3.63) is 323 Å². The first-order valence-corrected chi connectivity index (χ1v) is 35.6. The first-order valence-electron chi connectivity index (χ1n) is 43.1. The van der Waals surface area contributed by atoms with Crippen molar-refractivity contribution in [3.8, 4) is 57.2 Å². The van der Waals surface area contributed by atoms with Gasteiger partial charge in [0.2, 0.25) is 0 Å². The number of nitrogens with one attached hydrogen (secondary N) is 5. The number of rotatable bonds is 10. The van der Waals surface area contributed by atoms with Crippen molar-refractivity contribution in [1.82, 2.24) is 73.8 Å². The molecule has 0 aliphatic heterocycles. The SMILES string of the molecule is [2H]C([2H])([2H])Oc1ccc(-n2[nH]c3c(cnc4cc(C)ccc43)c2=O)cc1.[2H]C([2H])([2H])Oc1ccc(-n2[nH]c3c(cnc4cc(C)ccc43)c2=O)cc1.[2H]C([2H])([2H])Oc1cccc(-n2[nH]c3c(cnc4cc(C)ccc43)c2=O)c1.[2H]C([2H])([2H])Oc1cccc(-n2[nH]c3c(cnc4cc(C)ccc43)c2=O)c1.[2H]C([2H])([2H])Oc1ccccc1-n1[nH]c2c(cnc3cc(C)ccc32)c1=O. The fourth-order valence-electron chi connectivity index (χ4n) is 13.7. The van der Waals surface area contributed by atoms with Crippen molar-refractivity contribution in [3.63, 3.8) is 0 Å².